The van der Waals surface area contributed by atoms with Crippen LogP contribution in [0.25, 0.3) is 10.9 Å². The number of hydrogen-bond donors (Lipinski definition) is 1. The van der Waals surface area contributed by atoms with E-state index in [1.165, 1.54) is 5.56 Å². The van der Waals surface area contributed by atoms with E-state index in [2.05, 4.69) is 28.6 Å². The third-order valence-electron chi connectivity index (χ3n) is 3.30. The monoisotopic (exact) mass is 255 g/mol. The van der Waals surface area contributed by atoms with Crippen LogP contribution in [0.1, 0.15) is 17.1 Å². The lowest BCUT2D eigenvalue weighted by Crippen LogP contribution is -2.05. The lowest BCUT2D eigenvalue weighted by molar-refractivity contribution is 0.460. The van der Waals surface area contributed by atoms with Gasteiger partial charge in [-0.1, -0.05) is 18.2 Å². The second-order valence-corrected chi connectivity index (χ2v) is 4.69. The normalized spacial score (nSPS) is 11.3. The molecule has 0 aliphatic rings. The third kappa shape index (κ3) is 2.27. The van der Waals surface area contributed by atoms with Gasteiger partial charge in [0.15, 0.2) is 0 Å². The van der Waals surface area contributed by atoms with Crippen LogP contribution in [0.2, 0.25) is 0 Å². The molecule has 0 radical (unpaired) electrons. The highest BCUT2D eigenvalue weighted by molar-refractivity contribution is 5.78. The molecule has 0 atom stereocenters. The molecule has 0 unspecified atom stereocenters. The first-order valence-electron chi connectivity index (χ1n) is 6.41. The first-order valence-corrected chi connectivity index (χ1v) is 6.41. The smallest absolute Gasteiger partial charge is 0.126 e. The number of hydrogen-bond acceptors (Lipinski definition) is 3. The van der Waals surface area contributed by atoms with Crippen LogP contribution in [0.3, 0.4) is 0 Å². The molecule has 0 amide bonds. The van der Waals surface area contributed by atoms with Gasteiger partial charge in [-0.25, -0.2) is 0 Å². The Morgan fingerprint density at radius 2 is 2.16 bits per heavy atom. The van der Waals surface area contributed by atoms with Crippen LogP contribution in [0.5, 0.6) is 0 Å². The van der Waals surface area contributed by atoms with Crippen LogP contribution in [-0.4, -0.2) is 16.8 Å². The Kier molecular flexibility index (Phi) is 3.09. The van der Waals surface area contributed by atoms with Gasteiger partial charge in [0.1, 0.15) is 11.5 Å². The van der Waals surface area contributed by atoms with E-state index in [9.17, 15) is 0 Å². The van der Waals surface area contributed by atoms with Crippen molar-refractivity contribution in [1.82, 2.24) is 15.1 Å². The highest BCUT2D eigenvalue weighted by Crippen LogP contribution is 2.18. The minimum Gasteiger partial charge on any atom is -0.464 e. The molecule has 3 aromatic rings. The van der Waals surface area contributed by atoms with Crippen molar-refractivity contribution in [3.05, 3.63) is 53.6 Å². The molecule has 19 heavy (non-hydrogen) atoms. The zero-order valence-corrected chi connectivity index (χ0v) is 11.2. The summed E-state index contributed by atoms with van der Waals surface area (Å²) in [6.45, 7) is 3.49. The summed E-state index contributed by atoms with van der Waals surface area (Å²) in [5.74, 6) is 1.91. The molecule has 1 N–H and O–H groups in total. The van der Waals surface area contributed by atoms with E-state index in [0.29, 0.717) is 6.54 Å². The van der Waals surface area contributed by atoms with Crippen molar-refractivity contribution in [3.8, 4) is 0 Å². The summed E-state index contributed by atoms with van der Waals surface area (Å²) < 4.78 is 7.76. The Labute approximate surface area is 112 Å². The molecular weight excluding hydrogens is 238 g/mol. The molecule has 0 saturated heterocycles. The van der Waals surface area contributed by atoms with E-state index in [4.69, 9.17) is 4.42 Å². The van der Waals surface area contributed by atoms with Crippen molar-refractivity contribution in [2.75, 3.05) is 7.05 Å². The van der Waals surface area contributed by atoms with Crippen LogP contribution >= 0.6 is 0 Å². The second kappa shape index (κ2) is 4.90. The number of rotatable bonds is 4. The number of benzene rings is 1. The highest BCUT2D eigenvalue weighted by Gasteiger charge is 2.09. The number of furan rings is 1. The Morgan fingerprint density at radius 1 is 1.32 bits per heavy atom. The van der Waals surface area contributed by atoms with E-state index in [0.717, 1.165) is 29.0 Å². The third-order valence-corrected chi connectivity index (χ3v) is 3.30. The zero-order valence-electron chi connectivity index (χ0n) is 11.2. The van der Waals surface area contributed by atoms with Crippen molar-refractivity contribution in [2.24, 2.45) is 0 Å². The summed E-state index contributed by atoms with van der Waals surface area (Å²) >= 11 is 0. The molecule has 3 rings (SSSR count). The standard InChI is InChI=1S/C15H17N3O/c1-11-13(8-16-2)7-14(19-11)10-18-15-6-4-3-5-12(15)9-17-18/h3-7,9,16H,8,10H2,1-2H3. The largest absolute Gasteiger partial charge is 0.464 e. The molecule has 0 fully saturated rings. The fourth-order valence-electron chi connectivity index (χ4n) is 2.33. The molecule has 2 aromatic heterocycles. The van der Waals surface area contributed by atoms with E-state index in [-0.39, 0.29) is 0 Å². The number of aromatic nitrogens is 2. The summed E-state index contributed by atoms with van der Waals surface area (Å²) in [6, 6.07) is 10.3. The summed E-state index contributed by atoms with van der Waals surface area (Å²) in [4.78, 5) is 0. The first-order chi connectivity index (χ1) is 9.28. The van der Waals surface area contributed by atoms with Crippen LogP contribution in [-0.2, 0) is 13.1 Å². The predicted octanol–water partition coefficient (Wildman–Crippen LogP) is 2.71. The number of aryl methyl sites for hydroxylation is 1. The first kappa shape index (κ1) is 12.0. The lowest BCUT2D eigenvalue weighted by atomic mass is 10.2. The van der Waals surface area contributed by atoms with Crippen molar-refractivity contribution in [3.63, 3.8) is 0 Å². The summed E-state index contributed by atoms with van der Waals surface area (Å²) in [5, 5.41) is 8.71. The fraction of sp³-hybridized carbons (Fsp3) is 0.267. The zero-order chi connectivity index (χ0) is 13.2. The van der Waals surface area contributed by atoms with Crippen LogP contribution in [0, 0.1) is 6.92 Å². The van der Waals surface area contributed by atoms with Gasteiger partial charge >= 0.3 is 0 Å². The van der Waals surface area contributed by atoms with Crippen LogP contribution in [0.15, 0.2) is 40.9 Å². The SMILES string of the molecule is CNCc1cc(Cn2ncc3ccccc32)oc1C. The molecular formula is C15H17N3O. The summed E-state index contributed by atoms with van der Waals surface area (Å²) in [7, 11) is 1.94. The van der Waals surface area contributed by atoms with Gasteiger partial charge in [-0.05, 0) is 26.1 Å². The topological polar surface area (TPSA) is 43.0 Å². The van der Waals surface area contributed by atoms with E-state index in [1.54, 1.807) is 0 Å². The van der Waals surface area contributed by atoms with E-state index in [1.807, 2.05) is 37.0 Å². The minimum absolute atomic E-state index is 0.665. The number of nitrogens with zero attached hydrogens (tertiary/aromatic N) is 2. The van der Waals surface area contributed by atoms with Gasteiger partial charge < -0.3 is 9.73 Å². The van der Waals surface area contributed by atoms with Crippen molar-refractivity contribution in [1.29, 1.82) is 0 Å². The maximum Gasteiger partial charge on any atom is 0.126 e. The van der Waals surface area contributed by atoms with Crippen LogP contribution in [0.4, 0.5) is 0 Å². The summed E-state index contributed by atoms with van der Waals surface area (Å²) in [5.41, 5.74) is 2.33. The maximum atomic E-state index is 5.79. The molecule has 98 valence electrons. The van der Waals surface area contributed by atoms with Gasteiger partial charge in [-0.15, -0.1) is 0 Å². The number of fused-ring (bicyclic) bond motifs is 1. The highest BCUT2D eigenvalue weighted by atomic mass is 16.3. The van der Waals surface area contributed by atoms with Crippen LogP contribution < -0.4 is 5.32 Å². The van der Waals surface area contributed by atoms with Crippen molar-refractivity contribution < 1.29 is 4.42 Å². The molecule has 0 aliphatic heterocycles. The molecule has 4 heteroatoms. The van der Waals surface area contributed by atoms with E-state index >= 15 is 0 Å². The van der Waals surface area contributed by atoms with Gasteiger partial charge in [0.05, 0.1) is 18.3 Å². The molecule has 0 spiro atoms. The Morgan fingerprint density at radius 3 is 3.00 bits per heavy atom. The molecule has 0 saturated carbocycles. The molecule has 0 aliphatic carbocycles. The van der Waals surface area contributed by atoms with Gasteiger partial charge in [0, 0.05) is 17.5 Å². The van der Waals surface area contributed by atoms with Gasteiger partial charge in [-0.2, -0.15) is 5.10 Å². The maximum absolute atomic E-state index is 5.79. The van der Waals surface area contributed by atoms with Gasteiger partial charge in [0.25, 0.3) is 0 Å². The lowest BCUT2D eigenvalue weighted by Gasteiger charge is -2.00. The Balaban J connectivity index is 1.90. The molecule has 2 heterocycles. The summed E-state index contributed by atoms with van der Waals surface area (Å²) in [6.07, 6.45) is 1.89. The minimum atomic E-state index is 0.665. The Bertz CT molecular complexity index is 696. The van der Waals surface area contributed by atoms with Gasteiger partial charge in [0.2, 0.25) is 0 Å². The van der Waals surface area contributed by atoms with E-state index < -0.39 is 0 Å². The number of nitrogens with one attached hydrogen (secondary N) is 1. The molecule has 0 bridgehead atoms. The quantitative estimate of drug-likeness (QED) is 0.779. The Hall–Kier alpha value is -2.07. The second-order valence-electron chi connectivity index (χ2n) is 4.69. The van der Waals surface area contributed by atoms with Gasteiger partial charge in [-0.3, -0.25) is 4.68 Å². The average molecular weight is 255 g/mol. The number of para-hydroxylation sites is 1. The molecule has 1 aromatic carbocycles. The molecule has 4 nitrogen and oxygen atoms in total. The van der Waals surface area contributed by atoms with Crippen molar-refractivity contribution >= 4 is 10.9 Å². The fourth-order valence-corrected chi connectivity index (χ4v) is 2.33. The van der Waals surface area contributed by atoms with Crippen molar-refractivity contribution in [2.45, 2.75) is 20.0 Å². The average Bonchev–Trinajstić information content (AvgIpc) is 2.96. The predicted molar refractivity (Wildman–Crippen MR) is 75.0 cm³/mol.